The number of nitrogens with zero attached hydrogens (tertiary/aromatic N) is 1. The van der Waals surface area contributed by atoms with E-state index in [1.807, 2.05) is 24.3 Å². The molecule has 0 atom stereocenters. The molecule has 0 amide bonds. The standard InChI is InChI=1S/C19H20Cl2N2O2/c20-15-2-1-3-16(12-15)23-6-4-22(5-7-23)13-14-10-17(21)19-18(11-14)24-8-9-25-19/h1-3,10-12H,4-9,13H2/p+1. The number of quaternary nitrogens is 1. The van der Waals surface area contributed by atoms with Gasteiger partial charge in [-0.15, -0.1) is 0 Å². The van der Waals surface area contributed by atoms with Crippen molar-refractivity contribution < 1.29 is 14.4 Å². The molecule has 1 fully saturated rings. The van der Waals surface area contributed by atoms with Crippen molar-refractivity contribution in [3.05, 3.63) is 52.0 Å². The summed E-state index contributed by atoms with van der Waals surface area (Å²) in [6.45, 7) is 6.29. The molecule has 132 valence electrons. The second kappa shape index (κ2) is 7.32. The number of fused-ring (bicyclic) bond motifs is 1. The zero-order valence-corrected chi connectivity index (χ0v) is 15.4. The molecule has 4 rings (SSSR count). The first kappa shape index (κ1) is 16.8. The molecule has 0 spiro atoms. The number of hydrogen-bond donors (Lipinski definition) is 1. The number of nitrogens with one attached hydrogen (secondary N) is 1. The Hall–Kier alpha value is -1.62. The van der Waals surface area contributed by atoms with Gasteiger partial charge in [0, 0.05) is 16.3 Å². The van der Waals surface area contributed by atoms with Crippen LogP contribution in [0.3, 0.4) is 0 Å². The van der Waals surface area contributed by atoms with Crippen LogP contribution in [0.1, 0.15) is 5.56 Å². The van der Waals surface area contributed by atoms with E-state index >= 15 is 0 Å². The molecule has 2 aliphatic heterocycles. The molecule has 1 saturated heterocycles. The number of anilines is 1. The second-order valence-electron chi connectivity index (χ2n) is 6.50. The molecule has 2 aromatic carbocycles. The van der Waals surface area contributed by atoms with Gasteiger partial charge in [0.1, 0.15) is 19.8 Å². The van der Waals surface area contributed by atoms with E-state index < -0.39 is 0 Å². The highest BCUT2D eigenvalue weighted by Gasteiger charge is 2.22. The summed E-state index contributed by atoms with van der Waals surface area (Å²) in [5.41, 5.74) is 2.40. The van der Waals surface area contributed by atoms with Gasteiger partial charge in [0.2, 0.25) is 0 Å². The van der Waals surface area contributed by atoms with Gasteiger partial charge >= 0.3 is 0 Å². The minimum atomic E-state index is 0.558. The predicted octanol–water partition coefficient (Wildman–Crippen LogP) is 2.67. The van der Waals surface area contributed by atoms with E-state index in [4.69, 9.17) is 32.7 Å². The third-order valence-corrected chi connectivity index (χ3v) is 5.27. The molecule has 2 heterocycles. The van der Waals surface area contributed by atoms with Crippen molar-refractivity contribution in [1.29, 1.82) is 0 Å². The first-order valence-corrected chi connectivity index (χ1v) is 9.37. The van der Waals surface area contributed by atoms with Crippen LogP contribution in [0, 0.1) is 0 Å². The van der Waals surface area contributed by atoms with Crippen LogP contribution in [-0.2, 0) is 6.54 Å². The van der Waals surface area contributed by atoms with E-state index in [0.717, 1.165) is 43.5 Å². The maximum Gasteiger partial charge on any atom is 0.179 e. The van der Waals surface area contributed by atoms with Crippen LogP contribution in [0.5, 0.6) is 11.5 Å². The highest BCUT2D eigenvalue weighted by atomic mass is 35.5. The lowest BCUT2D eigenvalue weighted by molar-refractivity contribution is -0.914. The number of hydrogen-bond acceptors (Lipinski definition) is 3. The Labute approximate surface area is 157 Å². The third kappa shape index (κ3) is 3.81. The number of piperazine rings is 1. The average molecular weight is 380 g/mol. The van der Waals surface area contributed by atoms with Crippen molar-refractivity contribution in [3.8, 4) is 11.5 Å². The average Bonchev–Trinajstić information content (AvgIpc) is 2.62. The fourth-order valence-corrected chi connectivity index (χ4v) is 3.96. The Morgan fingerprint density at radius 2 is 1.80 bits per heavy atom. The SMILES string of the molecule is Clc1cccc(N2CC[NH+](Cc3cc(Cl)c4c(c3)OCCO4)CC2)c1. The zero-order valence-electron chi connectivity index (χ0n) is 13.9. The molecule has 6 heteroatoms. The molecular weight excluding hydrogens is 359 g/mol. The van der Waals surface area contributed by atoms with E-state index in [1.54, 1.807) is 4.90 Å². The highest BCUT2D eigenvalue weighted by molar-refractivity contribution is 6.32. The molecule has 2 aromatic rings. The predicted molar refractivity (Wildman–Crippen MR) is 101 cm³/mol. The lowest BCUT2D eigenvalue weighted by atomic mass is 10.1. The Balaban J connectivity index is 1.40. The second-order valence-corrected chi connectivity index (χ2v) is 7.34. The van der Waals surface area contributed by atoms with E-state index in [0.29, 0.717) is 24.0 Å². The minimum absolute atomic E-state index is 0.558. The minimum Gasteiger partial charge on any atom is -0.486 e. The van der Waals surface area contributed by atoms with Crippen LogP contribution in [0.25, 0.3) is 0 Å². The summed E-state index contributed by atoms with van der Waals surface area (Å²) in [5.74, 6) is 1.45. The number of rotatable bonds is 3. The zero-order chi connectivity index (χ0) is 17.2. The number of ether oxygens (including phenoxy) is 2. The normalized spacial score (nSPS) is 17.6. The molecule has 0 unspecified atom stereocenters. The van der Waals surface area contributed by atoms with Crippen LogP contribution >= 0.6 is 23.2 Å². The van der Waals surface area contributed by atoms with Gasteiger partial charge < -0.3 is 19.3 Å². The largest absolute Gasteiger partial charge is 0.486 e. The first-order valence-electron chi connectivity index (χ1n) is 8.61. The van der Waals surface area contributed by atoms with Gasteiger partial charge in [-0.05, 0) is 30.3 Å². The maximum atomic E-state index is 6.35. The Kier molecular flexibility index (Phi) is 4.93. The topological polar surface area (TPSA) is 26.1 Å². The maximum absolute atomic E-state index is 6.35. The third-order valence-electron chi connectivity index (χ3n) is 4.75. The van der Waals surface area contributed by atoms with Gasteiger partial charge in [0.25, 0.3) is 0 Å². The van der Waals surface area contributed by atoms with Crippen molar-refractivity contribution in [2.75, 3.05) is 44.3 Å². The lowest BCUT2D eigenvalue weighted by Crippen LogP contribution is -3.13. The molecular formula is C19H21Cl2N2O2+. The fraction of sp³-hybridized carbons (Fsp3) is 0.368. The van der Waals surface area contributed by atoms with Crippen molar-refractivity contribution in [2.45, 2.75) is 6.54 Å². The summed E-state index contributed by atoms with van der Waals surface area (Å²) in [4.78, 5) is 3.94. The molecule has 1 N–H and O–H groups in total. The number of benzene rings is 2. The van der Waals surface area contributed by atoms with Crippen molar-refractivity contribution in [3.63, 3.8) is 0 Å². The Morgan fingerprint density at radius 3 is 2.60 bits per heavy atom. The molecule has 25 heavy (non-hydrogen) atoms. The van der Waals surface area contributed by atoms with Crippen molar-refractivity contribution in [2.24, 2.45) is 0 Å². The molecule has 0 aliphatic carbocycles. The number of halogens is 2. The van der Waals surface area contributed by atoms with Gasteiger partial charge in [-0.3, -0.25) is 0 Å². The molecule has 0 bridgehead atoms. The lowest BCUT2D eigenvalue weighted by Gasteiger charge is -2.34. The van der Waals surface area contributed by atoms with Crippen LogP contribution in [0.4, 0.5) is 5.69 Å². The van der Waals surface area contributed by atoms with E-state index in [1.165, 1.54) is 11.3 Å². The van der Waals surface area contributed by atoms with Gasteiger partial charge in [-0.25, -0.2) is 0 Å². The Bertz CT molecular complexity index is 761. The molecule has 0 radical (unpaired) electrons. The fourth-order valence-electron chi connectivity index (χ4n) is 3.49. The van der Waals surface area contributed by atoms with Crippen molar-refractivity contribution >= 4 is 28.9 Å². The Morgan fingerprint density at radius 1 is 1.00 bits per heavy atom. The molecule has 4 nitrogen and oxygen atoms in total. The van der Waals surface area contributed by atoms with E-state index in [-0.39, 0.29) is 0 Å². The smallest absolute Gasteiger partial charge is 0.179 e. The molecule has 2 aliphatic rings. The quantitative estimate of drug-likeness (QED) is 0.887. The monoisotopic (exact) mass is 379 g/mol. The van der Waals surface area contributed by atoms with E-state index in [2.05, 4.69) is 17.0 Å². The molecule has 0 aromatic heterocycles. The van der Waals surface area contributed by atoms with Gasteiger partial charge in [-0.1, -0.05) is 29.3 Å². The van der Waals surface area contributed by atoms with Crippen LogP contribution in [-0.4, -0.2) is 39.4 Å². The summed E-state index contributed by atoms with van der Waals surface area (Å²) in [6, 6.07) is 12.2. The van der Waals surface area contributed by atoms with E-state index in [9.17, 15) is 0 Å². The highest BCUT2D eigenvalue weighted by Crippen LogP contribution is 2.38. The van der Waals surface area contributed by atoms with Crippen LogP contribution in [0.2, 0.25) is 10.0 Å². The summed E-state index contributed by atoms with van der Waals surface area (Å²) in [5, 5.41) is 1.43. The summed E-state index contributed by atoms with van der Waals surface area (Å²) in [7, 11) is 0. The molecule has 0 saturated carbocycles. The van der Waals surface area contributed by atoms with Crippen LogP contribution < -0.4 is 19.3 Å². The summed E-state index contributed by atoms with van der Waals surface area (Å²) < 4.78 is 11.3. The summed E-state index contributed by atoms with van der Waals surface area (Å²) in [6.07, 6.45) is 0. The van der Waals surface area contributed by atoms with Gasteiger partial charge in [0.15, 0.2) is 11.5 Å². The van der Waals surface area contributed by atoms with Crippen molar-refractivity contribution in [1.82, 2.24) is 0 Å². The van der Waals surface area contributed by atoms with Gasteiger partial charge in [0.05, 0.1) is 31.2 Å². The van der Waals surface area contributed by atoms with Crippen LogP contribution in [0.15, 0.2) is 36.4 Å². The summed E-state index contributed by atoms with van der Waals surface area (Å²) >= 11 is 12.5. The first-order chi connectivity index (χ1) is 12.2. The van der Waals surface area contributed by atoms with Gasteiger partial charge in [-0.2, -0.15) is 0 Å².